The number of likely N-dealkylation sites (tertiary alicyclic amines) is 1. The fraction of sp³-hybridized carbons (Fsp3) is 0.529. The zero-order chi connectivity index (χ0) is 15.5. The minimum atomic E-state index is -0.970. The van der Waals surface area contributed by atoms with E-state index in [-0.39, 0.29) is 16.9 Å². The molecule has 1 aliphatic rings. The summed E-state index contributed by atoms with van der Waals surface area (Å²) in [4.78, 5) is 25.3. The molecule has 1 fully saturated rings. The first kappa shape index (κ1) is 15.5. The Balaban J connectivity index is 2.10. The molecule has 1 aromatic carbocycles. The van der Waals surface area contributed by atoms with Crippen LogP contribution in [0.4, 0.5) is 0 Å². The first-order chi connectivity index (χ1) is 9.95. The fourth-order valence-corrected chi connectivity index (χ4v) is 3.23. The molecule has 0 aromatic heterocycles. The van der Waals surface area contributed by atoms with Gasteiger partial charge in [-0.25, -0.2) is 4.79 Å². The van der Waals surface area contributed by atoms with E-state index in [2.05, 4.69) is 13.8 Å². The van der Waals surface area contributed by atoms with E-state index in [4.69, 9.17) is 5.11 Å². The fourth-order valence-electron chi connectivity index (χ4n) is 3.23. The predicted octanol–water partition coefficient (Wildman–Crippen LogP) is 3.43. The third kappa shape index (κ3) is 3.63. The molecule has 2 rings (SSSR count). The number of carbonyl (C=O) groups is 2. The number of carboxylic acids is 1. The van der Waals surface area contributed by atoms with Crippen LogP contribution in [0.5, 0.6) is 0 Å². The summed E-state index contributed by atoms with van der Waals surface area (Å²) in [5.74, 6) is -0.962. The zero-order valence-corrected chi connectivity index (χ0v) is 12.8. The second-order valence-corrected chi connectivity index (χ2v) is 6.27. The third-order valence-electron chi connectivity index (χ3n) is 4.30. The van der Waals surface area contributed by atoms with Crippen molar-refractivity contribution < 1.29 is 14.7 Å². The van der Waals surface area contributed by atoms with Crippen molar-refractivity contribution in [1.29, 1.82) is 0 Å². The lowest BCUT2D eigenvalue weighted by molar-refractivity contribution is 0.0529. The molecule has 1 N–H and O–H groups in total. The van der Waals surface area contributed by atoms with Gasteiger partial charge in [0.15, 0.2) is 0 Å². The van der Waals surface area contributed by atoms with E-state index in [1.54, 1.807) is 12.1 Å². The van der Waals surface area contributed by atoms with Crippen molar-refractivity contribution >= 4 is 11.9 Å². The number of carbonyl (C=O) groups excluding carboxylic acids is 1. The first-order valence-corrected chi connectivity index (χ1v) is 7.58. The third-order valence-corrected chi connectivity index (χ3v) is 4.30. The summed E-state index contributed by atoms with van der Waals surface area (Å²) in [6.45, 7) is 6.01. The Morgan fingerprint density at radius 3 is 2.43 bits per heavy atom. The van der Waals surface area contributed by atoms with Crippen LogP contribution in [0.15, 0.2) is 24.3 Å². The largest absolute Gasteiger partial charge is 0.478 e. The summed E-state index contributed by atoms with van der Waals surface area (Å²) in [6, 6.07) is 6.20. The lowest BCUT2D eigenvalue weighted by atomic mass is 9.78. The summed E-state index contributed by atoms with van der Waals surface area (Å²) >= 11 is 0. The molecule has 1 unspecified atom stereocenters. The Labute approximate surface area is 125 Å². The number of piperidine rings is 1. The topological polar surface area (TPSA) is 57.6 Å². The van der Waals surface area contributed by atoms with Gasteiger partial charge >= 0.3 is 5.97 Å². The van der Waals surface area contributed by atoms with Crippen LogP contribution in [-0.4, -0.2) is 35.0 Å². The van der Waals surface area contributed by atoms with Gasteiger partial charge in [-0.15, -0.1) is 0 Å². The van der Waals surface area contributed by atoms with Crippen LogP contribution in [0.1, 0.15) is 60.2 Å². The zero-order valence-electron chi connectivity index (χ0n) is 12.8. The number of carboxylic acid groups (broad SMARTS) is 1. The summed E-state index contributed by atoms with van der Waals surface area (Å²) < 4.78 is 0. The highest BCUT2D eigenvalue weighted by Gasteiger charge is 2.32. The first-order valence-electron chi connectivity index (χ1n) is 7.58. The van der Waals surface area contributed by atoms with Gasteiger partial charge < -0.3 is 10.0 Å². The number of aromatic carboxylic acids is 1. The van der Waals surface area contributed by atoms with E-state index < -0.39 is 5.97 Å². The second-order valence-electron chi connectivity index (χ2n) is 6.27. The molecule has 0 saturated carbocycles. The normalized spacial score (nSPS) is 22.1. The van der Waals surface area contributed by atoms with Crippen LogP contribution in [-0.2, 0) is 0 Å². The average molecular weight is 289 g/mol. The van der Waals surface area contributed by atoms with E-state index in [9.17, 15) is 9.59 Å². The van der Waals surface area contributed by atoms with Crippen LogP contribution in [0.2, 0.25) is 0 Å². The number of hydrogen-bond donors (Lipinski definition) is 1. The molecule has 1 atom stereocenters. The Kier molecular flexibility index (Phi) is 4.66. The molecule has 0 aliphatic carbocycles. The highest BCUT2D eigenvalue weighted by Crippen LogP contribution is 2.34. The van der Waals surface area contributed by atoms with Gasteiger partial charge in [-0.1, -0.05) is 20.3 Å². The standard InChI is InChI=1S/C17H23NO3/c1-3-9-17(2)10-4-11-18(12-17)15(19)13-5-7-14(8-6-13)16(20)21/h5-8H,3-4,9-12H2,1-2H3,(H,20,21). The predicted molar refractivity (Wildman–Crippen MR) is 81.6 cm³/mol. The number of amides is 1. The van der Waals surface area contributed by atoms with Crippen LogP contribution in [0, 0.1) is 5.41 Å². The summed E-state index contributed by atoms with van der Waals surface area (Å²) in [6.07, 6.45) is 4.47. The maximum Gasteiger partial charge on any atom is 0.335 e. The van der Waals surface area contributed by atoms with Crippen LogP contribution in [0.25, 0.3) is 0 Å². The van der Waals surface area contributed by atoms with Gasteiger partial charge in [-0.05, 0) is 48.9 Å². The number of rotatable bonds is 4. The van der Waals surface area contributed by atoms with Crippen molar-refractivity contribution in [2.75, 3.05) is 13.1 Å². The maximum atomic E-state index is 12.6. The van der Waals surface area contributed by atoms with Gasteiger partial charge in [0.1, 0.15) is 0 Å². The quantitative estimate of drug-likeness (QED) is 0.924. The highest BCUT2D eigenvalue weighted by molar-refractivity contribution is 5.96. The molecule has 1 aliphatic heterocycles. The van der Waals surface area contributed by atoms with E-state index in [0.717, 1.165) is 32.4 Å². The van der Waals surface area contributed by atoms with Gasteiger partial charge in [0.2, 0.25) is 0 Å². The molecule has 1 saturated heterocycles. The molecule has 0 radical (unpaired) electrons. The Morgan fingerprint density at radius 1 is 1.24 bits per heavy atom. The van der Waals surface area contributed by atoms with Crippen molar-refractivity contribution in [2.45, 2.75) is 39.5 Å². The molecule has 21 heavy (non-hydrogen) atoms. The smallest absolute Gasteiger partial charge is 0.335 e. The second kappa shape index (κ2) is 6.29. The maximum absolute atomic E-state index is 12.6. The molecule has 0 bridgehead atoms. The van der Waals surface area contributed by atoms with E-state index in [0.29, 0.717) is 5.56 Å². The number of nitrogens with zero attached hydrogens (tertiary/aromatic N) is 1. The molecule has 1 amide bonds. The van der Waals surface area contributed by atoms with Crippen molar-refractivity contribution in [2.24, 2.45) is 5.41 Å². The van der Waals surface area contributed by atoms with Crippen LogP contribution >= 0.6 is 0 Å². The Morgan fingerprint density at radius 2 is 1.86 bits per heavy atom. The lowest BCUT2D eigenvalue weighted by Gasteiger charge is -2.40. The highest BCUT2D eigenvalue weighted by atomic mass is 16.4. The van der Waals surface area contributed by atoms with E-state index in [1.165, 1.54) is 18.6 Å². The van der Waals surface area contributed by atoms with Gasteiger partial charge in [0.25, 0.3) is 5.91 Å². The minimum Gasteiger partial charge on any atom is -0.478 e. The van der Waals surface area contributed by atoms with E-state index >= 15 is 0 Å². The Bertz CT molecular complexity index is 519. The molecular formula is C17H23NO3. The molecule has 0 spiro atoms. The number of benzene rings is 1. The molecule has 1 aromatic rings. The van der Waals surface area contributed by atoms with Crippen LogP contribution in [0.3, 0.4) is 0 Å². The number of hydrogen-bond acceptors (Lipinski definition) is 2. The van der Waals surface area contributed by atoms with Gasteiger partial charge in [-0.3, -0.25) is 4.79 Å². The molecular weight excluding hydrogens is 266 g/mol. The summed E-state index contributed by atoms with van der Waals surface area (Å²) in [7, 11) is 0. The van der Waals surface area contributed by atoms with Crippen molar-refractivity contribution in [1.82, 2.24) is 4.90 Å². The Hall–Kier alpha value is -1.84. The average Bonchev–Trinajstić information content (AvgIpc) is 2.46. The summed E-state index contributed by atoms with van der Waals surface area (Å²) in [5, 5.41) is 8.90. The lowest BCUT2D eigenvalue weighted by Crippen LogP contribution is -2.44. The molecule has 4 heteroatoms. The van der Waals surface area contributed by atoms with Gasteiger partial charge in [-0.2, -0.15) is 0 Å². The molecule has 114 valence electrons. The molecule has 1 heterocycles. The minimum absolute atomic E-state index is 0.00830. The molecule has 4 nitrogen and oxygen atoms in total. The van der Waals surface area contributed by atoms with E-state index in [1.807, 2.05) is 4.90 Å². The monoisotopic (exact) mass is 289 g/mol. The van der Waals surface area contributed by atoms with Crippen LogP contribution < -0.4 is 0 Å². The van der Waals surface area contributed by atoms with Gasteiger partial charge in [0.05, 0.1) is 5.56 Å². The van der Waals surface area contributed by atoms with Gasteiger partial charge in [0, 0.05) is 18.7 Å². The van der Waals surface area contributed by atoms with Crippen molar-refractivity contribution in [3.05, 3.63) is 35.4 Å². The van der Waals surface area contributed by atoms with Crippen molar-refractivity contribution in [3.63, 3.8) is 0 Å². The summed E-state index contributed by atoms with van der Waals surface area (Å²) in [5.41, 5.74) is 0.991. The SMILES string of the molecule is CCCC1(C)CCCN(C(=O)c2ccc(C(=O)O)cc2)C1. The van der Waals surface area contributed by atoms with Crippen molar-refractivity contribution in [3.8, 4) is 0 Å².